The fourth-order valence-corrected chi connectivity index (χ4v) is 1.84. The first-order valence-corrected chi connectivity index (χ1v) is 6.54. The van der Waals surface area contributed by atoms with Crippen LogP contribution in [0.1, 0.15) is 12.5 Å². The molecule has 0 saturated heterocycles. The van der Waals surface area contributed by atoms with E-state index in [1.165, 1.54) is 17.3 Å². The van der Waals surface area contributed by atoms with Crippen molar-refractivity contribution in [3.63, 3.8) is 0 Å². The Morgan fingerprint density at radius 2 is 2.14 bits per heavy atom. The quantitative estimate of drug-likeness (QED) is 0.606. The summed E-state index contributed by atoms with van der Waals surface area (Å²) in [5, 5.41) is 11.9. The first-order valence-electron chi connectivity index (χ1n) is 6.16. The predicted octanol–water partition coefficient (Wildman–Crippen LogP) is 2.22. The fraction of sp³-hybridized carbons (Fsp3) is 0.214. The lowest BCUT2D eigenvalue weighted by Crippen LogP contribution is -2.01. The summed E-state index contributed by atoms with van der Waals surface area (Å²) in [6.07, 6.45) is 9.76. The molecule has 21 heavy (non-hydrogen) atoms. The van der Waals surface area contributed by atoms with Gasteiger partial charge in [0, 0.05) is 0 Å². The van der Waals surface area contributed by atoms with Crippen molar-refractivity contribution in [2.75, 3.05) is 13.2 Å². The molecule has 2 aromatic rings. The molecule has 6 nitrogen and oxygen atoms in total. The van der Waals surface area contributed by atoms with Crippen LogP contribution in [0.25, 0.3) is 0 Å². The third kappa shape index (κ3) is 3.97. The highest BCUT2D eigenvalue weighted by Crippen LogP contribution is 2.36. The fourth-order valence-electron chi connectivity index (χ4n) is 1.57. The molecule has 0 radical (unpaired) electrons. The van der Waals surface area contributed by atoms with E-state index in [2.05, 4.69) is 21.2 Å². The minimum Gasteiger partial charge on any atom is -0.490 e. The number of hydrogen-bond donors (Lipinski definition) is 0. The van der Waals surface area contributed by atoms with Gasteiger partial charge >= 0.3 is 0 Å². The van der Waals surface area contributed by atoms with Crippen LogP contribution in [0.3, 0.4) is 0 Å². The molecule has 108 valence electrons. The molecule has 0 atom stereocenters. The van der Waals surface area contributed by atoms with Crippen LogP contribution < -0.4 is 9.47 Å². The molecular weight excluding hydrogens is 292 g/mol. The van der Waals surface area contributed by atoms with Crippen LogP contribution in [0.4, 0.5) is 0 Å². The molecule has 1 aromatic heterocycles. The Kier molecular flexibility index (Phi) is 5.18. The molecule has 0 unspecified atom stereocenters. The van der Waals surface area contributed by atoms with Crippen molar-refractivity contribution < 1.29 is 9.47 Å². The number of aromatic nitrogens is 3. The molecule has 0 spiro atoms. The minimum atomic E-state index is 0.119. The number of rotatable bonds is 6. The van der Waals surface area contributed by atoms with Crippen LogP contribution in [0.2, 0.25) is 5.02 Å². The zero-order valence-corrected chi connectivity index (χ0v) is 12.1. The molecule has 0 aliphatic carbocycles. The monoisotopic (exact) mass is 304 g/mol. The Morgan fingerprint density at radius 3 is 2.81 bits per heavy atom. The van der Waals surface area contributed by atoms with E-state index in [-0.39, 0.29) is 6.61 Å². The maximum Gasteiger partial charge on any atom is 0.181 e. The van der Waals surface area contributed by atoms with Gasteiger partial charge in [0.05, 0.1) is 17.8 Å². The molecule has 0 fully saturated rings. The molecule has 0 amide bonds. The van der Waals surface area contributed by atoms with Gasteiger partial charge in [-0.05, 0) is 24.6 Å². The van der Waals surface area contributed by atoms with Gasteiger partial charge in [-0.3, -0.25) is 0 Å². The van der Waals surface area contributed by atoms with Crippen LogP contribution in [-0.2, 0) is 0 Å². The summed E-state index contributed by atoms with van der Waals surface area (Å²) in [6.45, 7) is 2.47. The van der Waals surface area contributed by atoms with Crippen molar-refractivity contribution in [1.82, 2.24) is 14.9 Å². The summed E-state index contributed by atoms with van der Waals surface area (Å²) in [7, 11) is 0. The minimum absolute atomic E-state index is 0.119. The van der Waals surface area contributed by atoms with Gasteiger partial charge in [0.25, 0.3) is 0 Å². The highest BCUT2D eigenvalue weighted by atomic mass is 35.5. The third-order valence-electron chi connectivity index (χ3n) is 2.38. The summed E-state index contributed by atoms with van der Waals surface area (Å²) in [5.41, 5.74) is 0.755. The number of benzene rings is 1. The van der Waals surface area contributed by atoms with Crippen molar-refractivity contribution in [3.8, 4) is 23.8 Å². The summed E-state index contributed by atoms with van der Waals surface area (Å²) in [6, 6.07) is 3.48. The van der Waals surface area contributed by atoms with Gasteiger partial charge in [-0.1, -0.05) is 17.5 Å². The predicted molar refractivity (Wildman–Crippen MR) is 80.0 cm³/mol. The van der Waals surface area contributed by atoms with E-state index in [4.69, 9.17) is 27.5 Å². The van der Waals surface area contributed by atoms with Gasteiger partial charge in [0.1, 0.15) is 19.3 Å². The second kappa shape index (κ2) is 7.31. The Bertz CT molecular complexity index is 662. The normalized spacial score (nSPS) is 10.5. The zero-order valence-electron chi connectivity index (χ0n) is 11.4. The molecule has 0 aliphatic heterocycles. The number of ether oxygens (including phenoxy) is 2. The van der Waals surface area contributed by atoms with Crippen LogP contribution in [0.5, 0.6) is 11.5 Å². The smallest absolute Gasteiger partial charge is 0.181 e. The number of nitrogens with zero attached hydrogens (tertiary/aromatic N) is 4. The van der Waals surface area contributed by atoms with Crippen LogP contribution in [0, 0.1) is 12.3 Å². The topological polar surface area (TPSA) is 61.5 Å². The van der Waals surface area contributed by atoms with Gasteiger partial charge in [0.15, 0.2) is 11.5 Å². The number of halogens is 1. The van der Waals surface area contributed by atoms with E-state index >= 15 is 0 Å². The van der Waals surface area contributed by atoms with Crippen molar-refractivity contribution in [3.05, 3.63) is 35.4 Å². The summed E-state index contributed by atoms with van der Waals surface area (Å²) in [5.74, 6) is 3.34. The average Bonchev–Trinajstić information content (AvgIpc) is 2.98. The third-order valence-corrected chi connectivity index (χ3v) is 2.66. The molecule has 0 saturated carbocycles. The van der Waals surface area contributed by atoms with Crippen molar-refractivity contribution in [1.29, 1.82) is 0 Å². The van der Waals surface area contributed by atoms with Crippen LogP contribution in [0.15, 0.2) is 29.9 Å². The van der Waals surface area contributed by atoms with Gasteiger partial charge < -0.3 is 9.47 Å². The molecule has 2 rings (SSSR count). The lowest BCUT2D eigenvalue weighted by Gasteiger charge is -2.12. The van der Waals surface area contributed by atoms with Gasteiger partial charge in [-0.25, -0.2) is 4.68 Å². The summed E-state index contributed by atoms with van der Waals surface area (Å²) >= 11 is 6.20. The van der Waals surface area contributed by atoms with Crippen molar-refractivity contribution in [2.24, 2.45) is 5.10 Å². The standard InChI is InChI=1S/C14H13ClN4O2/c1-3-5-21-14-12(15)6-11(7-13(14)20-4-2)8-18-19-9-16-17-10-19/h1,6-10H,4-5H2,2H3/b18-8-. The van der Waals surface area contributed by atoms with Gasteiger partial charge in [0.2, 0.25) is 0 Å². The molecule has 0 bridgehead atoms. The molecular formula is C14H13ClN4O2. The maximum atomic E-state index is 6.20. The van der Waals surface area contributed by atoms with Gasteiger partial charge in [-0.2, -0.15) is 5.10 Å². The number of terminal acetylenes is 1. The highest BCUT2D eigenvalue weighted by Gasteiger charge is 2.11. The SMILES string of the molecule is C#CCOc1c(Cl)cc(/C=N\n2cnnc2)cc1OCC. The zero-order chi connectivity index (χ0) is 15.1. The largest absolute Gasteiger partial charge is 0.490 e. The Morgan fingerprint density at radius 1 is 1.38 bits per heavy atom. The highest BCUT2D eigenvalue weighted by molar-refractivity contribution is 6.32. The molecule has 0 aliphatic rings. The molecule has 7 heteroatoms. The Balaban J connectivity index is 2.29. The lowest BCUT2D eigenvalue weighted by molar-refractivity contribution is 0.299. The second-order valence-corrected chi connectivity index (χ2v) is 4.25. The van der Waals surface area contributed by atoms with E-state index in [1.807, 2.05) is 6.92 Å². The molecule has 1 aromatic carbocycles. The lowest BCUT2D eigenvalue weighted by atomic mass is 10.2. The first-order chi connectivity index (χ1) is 10.2. The van der Waals surface area contributed by atoms with E-state index in [0.29, 0.717) is 23.1 Å². The molecule has 1 heterocycles. The number of hydrogen-bond acceptors (Lipinski definition) is 5. The summed E-state index contributed by atoms with van der Waals surface area (Å²) < 4.78 is 12.4. The average molecular weight is 305 g/mol. The summed E-state index contributed by atoms with van der Waals surface area (Å²) in [4.78, 5) is 0. The first kappa shape index (κ1) is 14.9. The van der Waals surface area contributed by atoms with Crippen LogP contribution in [-0.4, -0.2) is 34.3 Å². The van der Waals surface area contributed by atoms with E-state index in [1.54, 1.807) is 18.3 Å². The Labute approximate surface area is 127 Å². The van der Waals surface area contributed by atoms with Crippen molar-refractivity contribution >= 4 is 17.8 Å². The van der Waals surface area contributed by atoms with Crippen LogP contribution >= 0.6 is 11.6 Å². The molecule has 0 N–H and O–H groups in total. The van der Waals surface area contributed by atoms with Gasteiger partial charge in [-0.15, -0.1) is 16.6 Å². The maximum absolute atomic E-state index is 6.20. The van der Waals surface area contributed by atoms with E-state index in [9.17, 15) is 0 Å². The van der Waals surface area contributed by atoms with E-state index < -0.39 is 0 Å². The second-order valence-electron chi connectivity index (χ2n) is 3.84. The Hall–Kier alpha value is -2.52. The van der Waals surface area contributed by atoms with E-state index in [0.717, 1.165) is 5.56 Å². The van der Waals surface area contributed by atoms with Crippen molar-refractivity contribution in [2.45, 2.75) is 6.92 Å².